The first-order valence-electron chi connectivity index (χ1n) is 10.0. The summed E-state index contributed by atoms with van der Waals surface area (Å²) in [7, 11) is 3.94. The number of hydrogen-bond acceptors (Lipinski definition) is 4. The van der Waals surface area contributed by atoms with Crippen molar-refractivity contribution >= 4 is 23.7 Å². The molecule has 0 aromatic heterocycles. The molecule has 0 aliphatic carbocycles. The topological polar surface area (TPSA) is 73.8 Å². The van der Waals surface area contributed by atoms with Gasteiger partial charge < -0.3 is 10.2 Å². The summed E-state index contributed by atoms with van der Waals surface area (Å²) in [5.74, 6) is -0.686. The van der Waals surface area contributed by atoms with Crippen LogP contribution in [0.3, 0.4) is 0 Å². The number of rotatable bonds is 8. The predicted molar refractivity (Wildman–Crippen MR) is 124 cm³/mol. The Bertz CT molecular complexity index is 1020. The van der Waals surface area contributed by atoms with Crippen molar-refractivity contribution in [2.24, 2.45) is 5.10 Å². The molecular weight excluding hydrogens is 388 g/mol. The van der Waals surface area contributed by atoms with Crippen molar-refractivity contribution in [2.45, 2.75) is 12.5 Å². The molecule has 0 heterocycles. The number of amides is 2. The molecule has 3 rings (SSSR count). The fraction of sp³-hybridized carbons (Fsp3) is 0.160. The highest BCUT2D eigenvalue weighted by atomic mass is 16.2. The molecule has 0 saturated heterocycles. The van der Waals surface area contributed by atoms with Gasteiger partial charge >= 0.3 is 0 Å². The zero-order valence-corrected chi connectivity index (χ0v) is 17.7. The molecule has 0 fully saturated rings. The van der Waals surface area contributed by atoms with E-state index in [1.165, 1.54) is 0 Å². The zero-order valence-electron chi connectivity index (χ0n) is 17.7. The molecule has 3 aromatic rings. The summed E-state index contributed by atoms with van der Waals surface area (Å²) in [6.45, 7) is 0. The van der Waals surface area contributed by atoms with Crippen LogP contribution in [-0.4, -0.2) is 38.2 Å². The monoisotopic (exact) mass is 414 g/mol. The molecule has 6 nitrogen and oxygen atoms in total. The molecular formula is C25H26N4O2. The molecule has 158 valence electrons. The van der Waals surface area contributed by atoms with E-state index in [4.69, 9.17) is 0 Å². The predicted octanol–water partition coefficient (Wildman–Crippen LogP) is 3.24. The quantitative estimate of drug-likeness (QED) is 0.439. The van der Waals surface area contributed by atoms with E-state index in [1.54, 1.807) is 30.5 Å². The Balaban J connectivity index is 1.68. The molecule has 1 unspecified atom stereocenters. The fourth-order valence-corrected chi connectivity index (χ4v) is 3.00. The lowest BCUT2D eigenvalue weighted by atomic mass is 10.0. The molecule has 0 radical (unpaired) electrons. The van der Waals surface area contributed by atoms with Gasteiger partial charge in [0.2, 0.25) is 0 Å². The van der Waals surface area contributed by atoms with Crippen LogP contribution in [0, 0.1) is 0 Å². The Kier molecular flexibility index (Phi) is 7.54. The SMILES string of the molecule is CN(C)c1ccc(/C=N/NC(=O)C(Cc2ccccc2)NC(=O)c2ccccc2)cc1. The summed E-state index contributed by atoms with van der Waals surface area (Å²) in [6, 6.07) is 25.4. The number of nitrogens with zero attached hydrogens (tertiary/aromatic N) is 2. The smallest absolute Gasteiger partial charge is 0.262 e. The van der Waals surface area contributed by atoms with Gasteiger partial charge in [-0.2, -0.15) is 5.10 Å². The maximum Gasteiger partial charge on any atom is 0.262 e. The maximum atomic E-state index is 12.8. The standard InChI is InChI=1S/C25H26N4O2/c1-29(2)22-15-13-20(14-16-22)18-26-28-25(31)23(17-19-9-5-3-6-10-19)27-24(30)21-11-7-4-8-12-21/h3-16,18,23H,17H2,1-2H3,(H,27,30)(H,28,31)/b26-18+. The molecule has 0 bridgehead atoms. The van der Waals surface area contributed by atoms with Gasteiger partial charge in [-0.05, 0) is 35.4 Å². The number of nitrogens with one attached hydrogen (secondary N) is 2. The second kappa shape index (κ2) is 10.7. The van der Waals surface area contributed by atoms with Crippen LogP contribution < -0.4 is 15.6 Å². The Morgan fingerprint density at radius 1 is 0.903 bits per heavy atom. The number of hydrogen-bond donors (Lipinski definition) is 2. The van der Waals surface area contributed by atoms with Crippen molar-refractivity contribution in [1.82, 2.24) is 10.7 Å². The fourth-order valence-electron chi connectivity index (χ4n) is 3.00. The Morgan fingerprint density at radius 2 is 1.52 bits per heavy atom. The van der Waals surface area contributed by atoms with Gasteiger partial charge in [-0.15, -0.1) is 0 Å². The lowest BCUT2D eigenvalue weighted by molar-refractivity contribution is -0.122. The van der Waals surface area contributed by atoms with E-state index in [1.807, 2.05) is 79.7 Å². The number of carbonyl (C=O) groups is 2. The van der Waals surface area contributed by atoms with Crippen LogP contribution in [0.1, 0.15) is 21.5 Å². The Labute approximate surface area is 182 Å². The molecule has 31 heavy (non-hydrogen) atoms. The average molecular weight is 415 g/mol. The van der Waals surface area contributed by atoms with Gasteiger partial charge in [-0.3, -0.25) is 9.59 Å². The third-order valence-corrected chi connectivity index (χ3v) is 4.74. The molecule has 6 heteroatoms. The van der Waals surface area contributed by atoms with Crippen molar-refractivity contribution in [3.8, 4) is 0 Å². The van der Waals surface area contributed by atoms with Gasteiger partial charge in [0.05, 0.1) is 6.21 Å². The number of hydrazone groups is 1. The van der Waals surface area contributed by atoms with Crippen LogP contribution in [0.15, 0.2) is 90.0 Å². The van der Waals surface area contributed by atoms with E-state index in [2.05, 4.69) is 15.8 Å². The van der Waals surface area contributed by atoms with Crippen LogP contribution in [0.4, 0.5) is 5.69 Å². The normalized spacial score (nSPS) is 11.7. The second-order valence-electron chi connectivity index (χ2n) is 7.30. The van der Waals surface area contributed by atoms with Crippen molar-refractivity contribution in [2.75, 3.05) is 19.0 Å². The molecule has 3 aromatic carbocycles. The minimum absolute atomic E-state index is 0.306. The van der Waals surface area contributed by atoms with Crippen LogP contribution in [-0.2, 0) is 11.2 Å². The molecule has 0 aliphatic heterocycles. The Morgan fingerprint density at radius 3 is 2.13 bits per heavy atom. The highest BCUT2D eigenvalue weighted by Gasteiger charge is 2.21. The summed E-state index contributed by atoms with van der Waals surface area (Å²) in [4.78, 5) is 27.4. The van der Waals surface area contributed by atoms with E-state index in [9.17, 15) is 9.59 Å². The van der Waals surface area contributed by atoms with Gasteiger partial charge in [-0.1, -0.05) is 60.7 Å². The molecule has 2 amide bonds. The second-order valence-corrected chi connectivity index (χ2v) is 7.30. The largest absolute Gasteiger partial charge is 0.378 e. The molecule has 0 spiro atoms. The maximum absolute atomic E-state index is 12.8. The van der Waals surface area contributed by atoms with Crippen molar-refractivity contribution in [3.63, 3.8) is 0 Å². The number of benzene rings is 3. The van der Waals surface area contributed by atoms with E-state index < -0.39 is 6.04 Å². The lowest BCUT2D eigenvalue weighted by Crippen LogP contribution is -2.46. The first-order valence-corrected chi connectivity index (χ1v) is 10.0. The van der Waals surface area contributed by atoms with Gasteiger partial charge in [0, 0.05) is 31.8 Å². The van der Waals surface area contributed by atoms with Crippen LogP contribution in [0.25, 0.3) is 0 Å². The molecule has 2 N–H and O–H groups in total. The van der Waals surface area contributed by atoms with Gasteiger partial charge in [0.15, 0.2) is 0 Å². The van der Waals surface area contributed by atoms with Crippen molar-refractivity contribution < 1.29 is 9.59 Å². The molecule has 0 saturated carbocycles. The number of carbonyl (C=O) groups excluding carboxylic acids is 2. The van der Waals surface area contributed by atoms with Crippen molar-refractivity contribution in [1.29, 1.82) is 0 Å². The highest BCUT2D eigenvalue weighted by molar-refractivity contribution is 5.97. The van der Waals surface area contributed by atoms with Gasteiger partial charge in [-0.25, -0.2) is 5.43 Å². The third kappa shape index (κ3) is 6.54. The van der Waals surface area contributed by atoms with Crippen LogP contribution >= 0.6 is 0 Å². The first-order chi connectivity index (χ1) is 15.0. The summed E-state index contributed by atoms with van der Waals surface area (Å²) >= 11 is 0. The minimum Gasteiger partial charge on any atom is -0.378 e. The first kappa shape index (κ1) is 21.8. The highest BCUT2D eigenvalue weighted by Crippen LogP contribution is 2.11. The van der Waals surface area contributed by atoms with E-state index in [0.717, 1.165) is 16.8 Å². The molecule has 1 atom stereocenters. The van der Waals surface area contributed by atoms with E-state index >= 15 is 0 Å². The van der Waals surface area contributed by atoms with E-state index in [-0.39, 0.29) is 11.8 Å². The van der Waals surface area contributed by atoms with Crippen LogP contribution in [0.5, 0.6) is 0 Å². The summed E-state index contributed by atoms with van der Waals surface area (Å²) in [5.41, 5.74) is 5.93. The van der Waals surface area contributed by atoms with Gasteiger partial charge in [0.1, 0.15) is 6.04 Å². The number of anilines is 1. The summed E-state index contributed by atoms with van der Waals surface area (Å²) in [5, 5.41) is 6.89. The van der Waals surface area contributed by atoms with Crippen LogP contribution in [0.2, 0.25) is 0 Å². The van der Waals surface area contributed by atoms with E-state index in [0.29, 0.717) is 12.0 Å². The lowest BCUT2D eigenvalue weighted by Gasteiger charge is -2.17. The Hall–Kier alpha value is -3.93. The summed E-state index contributed by atoms with van der Waals surface area (Å²) in [6.07, 6.45) is 1.94. The van der Waals surface area contributed by atoms with Crippen molar-refractivity contribution in [3.05, 3.63) is 102 Å². The summed E-state index contributed by atoms with van der Waals surface area (Å²) < 4.78 is 0. The zero-order chi connectivity index (χ0) is 22.1. The molecule has 0 aliphatic rings. The average Bonchev–Trinajstić information content (AvgIpc) is 2.80. The van der Waals surface area contributed by atoms with Gasteiger partial charge in [0.25, 0.3) is 11.8 Å². The third-order valence-electron chi connectivity index (χ3n) is 4.74. The minimum atomic E-state index is -0.761.